The Hall–Kier alpha value is -2.10. The molecule has 0 saturated carbocycles. The van der Waals surface area contributed by atoms with E-state index in [1.165, 1.54) is 0 Å². The second-order valence-electron chi connectivity index (χ2n) is 5.45. The predicted molar refractivity (Wildman–Crippen MR) is 77.1 cm³/mol. The lowest BCUT2D eigenvalue weighted by molar-refractivity contribution is 0.416. The monoisotopic (exact) mass is 257 g/mol. The van der Waals surface area contributed by atoms with E-state index < -0.39 is 0 Å². The number of ether oxygens (including phenoxy) is 1. The molecule has 0 atom stereocenters. The minimum Gasteiger partial charge on any atom is -0.496 e. The van der Waals surface area contributed by atoms with Crippen LogP contribution in [0, 0.1) is 0 Å². The number of para-hydroxylation sites is 1. The highest BCUT2D eigenvalue weighted by molar-refractivity contribution is 5.65. The van der Waals surface area contributed by atoms with Crippen molar-refractivity contribution in [1.29, 1.82) is 0 Å². The van der Waals surface area contributed by atoms with Gasteiger partial charge < -0.3 is 10.5 Å². The summed E-state index contributed by atoms with van der Waals surface area (Å²) in [7, 11) is 1.63. The summed E-state index contributed by atoms with van der Waals surface area (Å²) in [5.74, 6) is 1.82. The number of hydrogen-bond donors (Lipinski definition) is 1. The van der Waals surface area contributed by atoms with Gasteiger partial charge in [-0.15, -0.1) is 0 Å². The first-order valence-electron chi connectivity index (χ1n) is 6.20. The highest BCUT2D eigenvalue weighted by Gasteiger charge is 2.19. The lowest BCUT2D eigenvalue weighted by atomic mass is 9.92. The number of anilines is 1. The maximum Gasteiger partial charge on any atom is 0.165 e. The van der Waals surface area contributed by atoms with E-state index in [9.17, 15) is 0 Å². The summed E-state index contributed by atoms with van der Waals surface area (Å²) < 4.78 is 5.34. The van der Waals surface area contributed by atoms with Gasteiger partial charge in [0, 0.05) is 11.5 Å². The number of nitrogens with zero attached hydrogens (tertiary/aromatic N) is 2. The molecule has 0 fully saturated rings. The molecular weight excluding hydrogens is 238 g/mol. The lowest BCUT2D eigenvalue weighted by Crippen LogP contribution is -2.15. The normalized spacial score (nSPS) is 11.4. The molecule has 0 aliphatic rings. The third-order valence-corrected chi connectivity index (χ3v) is 2.86. The first kappa shape index (κ1) is 13.3. The van der Waals surface area contributed by atoms with Gasteiger partial charge in [0.1, 0.15) is 11.6 Å². The van der Waals surface area contributed by atoms with Crippen LogP contribution in [0.15, 0.2) is 30.3 Å². The summed E-state index contributed by atoms with van der Waals surface area (Å²) in [6.07, 6.45) is 0. The highest BCUT2D eigenvalue weighted by atomic mass is 16.5. The summed E-state index contributed by atoms with van der Waals surface area (Å²) in [5.41, 5.74) is 7.58. The molecule has 0 bridgehead atoms. The smallest absolute Gasteiger partial charge is 0.165 e. The van der Waals surface area contributed by atoms with Crippen molar-refractivity contribution >= 4 is 5.82 Å². The van der Waals surface area contributed by atoms with Crippen LogP contribution in [0.1, 0.15) is 26.5 Å². The number of rotatable bonds is 2. The average Bonchev–Trinajstić information content (AvgIpc) is 2.37. The minimum atomic E-state index is -0.0756. The van der Waals surface area contributed by atoms with Crippen LogP contribution in [0.25, 0.3) is 11.4 Å². The van der Waals surface area contributed by atoms with Gasteiger partial charge in [0.05, 0.1) is 18.4 Å². The molecular formula is C15H19N3O. The molecule has 4 nitrogen and oxygen atoms in total. The molecule has 0 saturated heterocycles. The summed E-state index contributed by atoms with van der Waals surface area (Å²) in [6, 6.07) is 9.48. The average molecular weight is 257 g/mol. The van der Waals surface area contributed by atoms with E-state index >= 15 is 0 Å². The van der Waals surface area contributed by atoms with Gasteiger partial charge in [-0.25, -0.2) is 9.97 Å². The third-order valence-electron chi connectivity index (χ3n) is 2.86. The lowest BCUT2D eigenvalue weighted by Gasteiger charge is -2.19. The van der Waals surface area contributed by atoms with Crippen molar-refractivity contribution < 1.29 is 4.74 Å². The maximum absolute atomic E-state index is 5.89. The molecule has 2 rings (SSSR count). The van der Waals surface area contributed by atoms with Crippen molar-refractivity contribution in [3.63, 3.8) is 0 Å². The topological polar surface area (TPSA) is 61.0 Å². The van der Waals surface area contributed by atoms with E-state index in [2.05, 4.69) is 30.7 Å². The van der Waals surface area contributed by atoms with Gasteiger partial charge >= 0.3 is 0 Å². The zero-order valence-corrected chi connectivity index (χ0v) is 11.8. The van der Waals surface area contributed by atoms with E-state index in [4.69, 9.17) is 10.5 Å². The zero-order valence-electron chi connectivity index (χ0n) is 11.8. The Morgan fingerprint density at radius 1 is 1.11 bits per heavy atom. The zero-order chi connectivity index (χ0) is 14.0. The first-order valence-corrected chi connectivity index (χ1v) is 6.20. The van der Waals surface area contributed by atoms with Crippen molar-refractivity contribution in [3.05, 3.63) is 36.0 Å². The van der Waals surface area contributed by atoms with Gasteiger partial charge in [-0.1, -0.05) is 32.9 Å². The van der Waals surface area contributed by atoms with Gasteiger partial charge in [-0.05, 0) is 12.1 Å². The quantitative estimate of drug-likeness (QED) is 0.898. The van der Waals surface area contributed by atoms with E-state index in [0.717, 1.165) is 17.0 Å². The third kappa shape index (κ3) is 2.84. The van der Waals surface area contributed by atoms with Gasteiger partial charge in [0.15, 0.2) is 5.82 Å². The molecule has 0 aliphatic carbocycles. The Morgan fingerprint density at radius 3 is 2.42 bits per heavy atom. The standard InChI is InChI=1S/C15H19N3O/c1-15(2,3)12-9-13(16)18-14(17-12)10-7-5-6-8-11(10)19-4/h5-9H,1-4H3,(H2,16,17,18). The number of methoxy groups -OCH3 is 1. The maximum atomic E-state index is 5.89. The largest absolute Gasteiger partial charge is 0.496 e. The summed E-state index contributed by atoms with van der Waals surface area (Å²) in [4.78, 5) is 8.93. The fourth-order valence-corrected chi connectivity index (χ4v) is 1.80. The summed E-state index contributed by atoms with van der Waals surface area (Å²) in [5, 5.41) is 0. The number of nitrogen functional groups attached to an aromatic ring is 1. The number of benzene rings is 1. The van der Waals surface area contributed by atoms with E-state index in [0.29, 0.717) is 11.6 Å². The molecule has 1 aromatic carbocycles. The molecule has 0 spiro atoms. The summed E-state index contributed by atoms with van der Waals surface area (Å²) in [6.45, 7) is 6.29. The number of nitrogens with two attached hydrogens (primary N) is 1. The number of hydrogen-bond acceptors (Lipinski definition) is 4. The van der Waals surface area contributed by atoms with Crippen LogP contribution in [0.4, 0.5) is 5.82 Å². The Labute approximate surface area is 113 Å². The SMILES string of the molecule is COc1ccccc1-c1nc(N)cc(C(C)(C)C)n1. The van der Waals surface area contributed by atoms with E-state index in [-0.39, 0.29) is 5.41 Å². The first-order chi connectivity index (χ1) is 8.91. The molecule has 0 radical (unpaired) electrons. The van der Waals surface area contributed by atoms with Crippen LogP contribution in [-0.4, -0.2) is 17.1 Å². The van der Waals surface area contributed by atoms with Gasteiger partial charge in [-0.2, -0.15) is 0 Å². The van der Waals surface area contributed by atoms with Crippen molar-refractivity contribution in [2.45, 2.75) is 26.2 Å². The van der Waals surface area contributed by atoms with Crippen molar-refractivity contribution in [1.82, 2.24) is 9.97 Å². The molecule has 4 heteroatoms. The second kappa shape index (κ2) is 4.88. The van der Waals surface area contributed by atoms with Crippen LogP contribution in [-0.2, 0) is 5.41 Å². The Balaban J connectivity index is 2.60. The molecule has 0 unspecified atom stereocenters. The fraction of sp³-hybridized carbons (Fsp3) is 0.333. The minimum absolute atomic E-state index is 0.0756. The second-order valence-corrected chi connectivity index (χ2v) is 5.45. The molecule has 0 amide bonds. The fourth-order valence-electron chi connectivity index (χ4n) is 1.80. The molecule has 2 N–H and O–H groups in total. The Morgan fingerprint density at radius 2 is 1.79 bits per heavy atom. The Bertz CT molecular complexity index is 588. The predicted octanol–water partition coefficient (Wildman–Crippen LogP) is 3.03. The Kier molecular flexibility index (Phi) is 3.42. The van der Waals surface area contributed by atoms with E-state index in [1.54, 1.807) is 7.11 Å². The van der Waals surface area contributed by atoms with Crippen LogP contribution in [0.2, 0.25) is 0 Å². The van der Waals surface area contributed by atoms with Crippen LogP contribution >= 0.6 is 0 Å². The molecule has 0 aliphatic heterocycles. The van der Waals surface area contributed by atoms with Gasteiger partial charge in [0.25, 0.3) is 0 Å². The molecule has 2 aromatic rings. The van der Waals surface area contributed by atoms with E-state index in [1.807, 2.05) is 30.3 Å². The number of aromatic nitrogens is 2. The van der Waals surface area contributed by atoms with Crippen molar-refractivity contribution in [2.24, 2.45) is 0 Å². The van der Waals surface area contributed by atoms with Crippen molar-refractivity contribution in [3.8, 4) is 17.1 Å². The summed E-state index contributed by atoms with van der Waals surface area (Å²) >= 11 is 0. The van der Waals surface area contributed by atoms with Crippen LogP contribution in [0.3, 0.4) is 0 Å². The molecule has 19 heavy (non-hydrogen) atoms. The highest BCUT2D eigenvalue weighted by Crippen LogP contribution is 2.29. The molecule has 100 valence electrons. The van der Waals surface area contributed by atoms with Crippen LogP contribution < -0.4 is 10.5 Å². The van der Waals surface area contributed by atoms with Gasteiger partial charge in [-0.3, -0.25) is 0 Å². The molecule has 1 heterocycles. The molecule has 1 aromatic heterocycles. The van der Waals surface area contributed by atoms with Gasteiger partial charge in [0.2, 0.25) is 0 Å². The van der Waals surface area contributed by atoms with Crippen LogP contribution in [0.5, 0.6) is 5.75 Å². The van der Waals surface area contributed by atoms with Crippen molar-refractivity contribution in [2.75, 3.05) is 12.8 Å².